The van der Waals surface area contributed by atoms with Crippen molar-refractivity contribution in [1.29, 1.82) is 0 Å². The number of nitrogens with one attached hydrogen (secondary N) is 1. The van der Waals surface area contributed by atoms with Crippen LogP contribution in [0.2, 0.25) is 0 Å². The Balaban J connectivity index is 0.000000628. The van der Waals surface area contributed by atoms with Crippen LogP contribution in [-0.4, -0.2) is 68.6 Å². The van der Waals surface area contributed by atoms with Crippen LogP contribution < -0.4 is 20.1 Å². The minimum Gasteiger partial charge on any atom is -0.368 e. The summed E-state index contributed by atoms with van der Waals surface area (Å²) in [7, 11) is 1.94. The standard InChI is InChI=1S/C36H43F2N5.C3H7N3/c1-4-26(2)43-27(3)42(25-39-43)34-16-14-33(15-17-34)41-21-19-40(20-22-41)32-12-8-28(9-13-32)5-6-29-7-10-30(23-29)35-18-11-31(37)24-36(35)38;1-6-3-4-2-5-6/h8-9,11-18,24-26,29-30H,3-7,10,19-23H2,1-2H3;2H,3H2,1H3,(H,4,5)/t26?,29-,30?;/m1./s1. The van der Waals surface area contributed by atoms with Gasteiger partial charge in [0.1, 0.15) is 30.5 Å². The summed E-state index contributed by atoms with van der Waals surface area (Å²) in [6, 6.07) is 22.1. The third-order valence-electron chi connectivity index (χ3n) is 10.4. The Kier molecular flexibility index (Phi) is 11.1. The molecule has 0 radical (unpaired) electrons. The molecule has 3 aromatic rings. The fourth-order valence-electron chi connectivity index (χ4n) is 7.19. The number of halogens is 2. The lowest BCUT2D eigenvalue weighted by molar-refractivity contribution is 0.286. The summed E-state index contributed by atoms with van der Waals surface area (Å²) in [6.45, 7) is 13.3. The van der Waals surface area contributed by atoms with Gasteiger partial charge in [-0.1, -0.05) is 31.7 Å². The summed E-state index contributed by atoms with van der Waals surface area (Å²) < 4.78 is 27.5. The first-order valence-corrected chi connectivity index (χ1v) is 17.7. The molecule has 8 nitrogen and oxygen atoms in total. The van der Waals surface area contributed by atoms with Crippen LogP contribution in [0.4, 0.5) is 25.8 Å². The molecule has 49 heavy (non-hydrogen) atoms. The minimum absolute atomic E-state index is 0.213. The predicted molar refractivity (Wildman–Crippen MR) is 198 cm³/mol. The second kappa shape index (κ2) is 15.8. The molecule has 0 bridgehead atoms. The molecule has 3 heterocycles. The number of hydrogen-bond donors (Lipinski definition) is 1. The first-order chi connectivity index (χ1) is 23.8. The molecule has 0 amide bonds. The van der Waals surface area contributed by atoms with Crippen LogP contribution in [0.25, 0.3) is 0 Å². The molecule has 2 unspecified atom stereocenters. The molecule has 0 aromatic heterocycles. The molecule has 0 spiro atoms. The molecule has 1 aliphatic carbocycles. The number of aliphatic imine (C=N–C) groups is 1. The van der Waals surface area contributed by atoms with E-state index in [-0.39, 0.29) is 5.92 Å². The first-order valence-electron chi connectivity index (χ1n) is 17.7. The van der Waals surface area contributed by atoms with Crippen molar-refractivity contribution < 1.29 is 8.78 Å². The number of hydrazine groups is 1. The highest BCUT2D eigenvalue weighted by molar-refractivity contribution is 5.85. The number of nitrogens with zero attached hydrogens (tertiary/aromatic N) is 7. The van der Waals surface area contributed by atoms with Gasteiger partial charge in [0.15, 0.2) is 0 Å². The van der Waals surface area contributed by atoms with Crippen molar-refractivity contribution >= 4 is 29.7 Å². The van der Waals surface area contributed by atoms with E-state index in [9.17, 15) is 8.78 Å². The average molecular weight is 669 g/mol. The van der Waals surface area contributed by atoms with Gasteiger partial charge in [0.05, 0.1) is 12.4 Å². The summed E-state index contributed by atoms with van der Waals surface area (Å²) in [4.78, 5) is 10.8. The molecule has 260 valence electrons. The van der Waals surface area contributed by atoms with Gasteiger partial charge in [-0.15, -0.1) is 0 Å². The monoisotopic (exact) mass is 668 g/mol. The number of piperazine rings is 1. The number of rotatable bonds is 9. The second-order valence-corrected chi connectivity index (χ2v) is 13.6. The van der Waals surface area contributed by atoms with Crippen molar-refractivity contribution in [2.24, 2.45) is 16.0 Å². The number of benzene rings is 3. The van der Waals surface area contributed by atoms with Crippen LogP contribution in [0.3, 0.4) is 0 Å². The molecule has 1 saturated carbocycles. The third-order valence-corrected chi connectivity index (χ3v) is 10.4. The molecule has 2 fully saturated rings. The van der Waals surface area contributed by atoms with Gasteiger partial charge in [-0.05, 0) is 111 Å². The lowest BCUT2D eigenvalue weighted by atomic mass is 9.93. The van der Waals surface area contributed by atoms with Crippen molar-refractivity contribution in [3.63, 3.8) is 0 Å². The quantitative estimate of drug-likeness (QED) is 0.254. The van der Waals surface area contributed by atoms with Crippen LogP contribution in [0.5, 0.6) is 0 Å². The molecule has 3 aliphatic heterocycles. The molecule has 1 N–H and O–H groups in total. The number of hydrogen-bond acceptors (Lipinski definition) is 8. The highest BCUT2D eigenvalue weighted by Gasteiger charge is 2.28. The summed E-state index contributed by atoms with van der Waals surface area (Å²) in [6.07, 6.45) is 9.81. The van der Waals surface area contributed by atoms with Gasteiger partial charge >= 0.3 is 0 Å². The maximum atomic E-state index is 14.2. The van der Waals surface area contributed by atoms with E-state index in [0.717, 1.165) is 88.9 Å². The number of aryl methyl sites for hydroxylation is 1. The molecule has 10 heteroatoms. The first kappa shape index (κ1) is 34.4. The fourth-order valence-corrected chi connectivity index (χ4v) is 7.19. The Morgan fingerprint density at radius 3 is 2.12 bits per heavy atom. The van der Waals surface area contributed by atoms with Crippen LogP contribution in [0.15, 0.2) is 89.2 Å². The summed E-state index contributed by atoms with van der Waals surface area (Å²) in [5.74, 6) is 0.809. The van der Waals surface area contributed by atoms with Crippen LogP contribution in [0.1, 0.15) is 63.0 Å². The third kappa shape index (κ3) is 8.41. The van der Waals surface area contributed by atoms with Gasteiger partial charge in [0.25, 0.3) is 0 Å². The maximum Gasteiger partial charge on any atom is 0.129 e. The average Bonchev–Trinajstić information content (AvgIpc) is 3.89. The second-order valence-electron chi connectivity index (χ2n) is 13.6. The van der Waals surface area contributed by atoms with E-state index in [1.165, 1.54) is 23.0 Å². The van der Waals surface area contributed by atoms with Crippen LogP contribution >= 0.6 is 0 Å². The van der Waals surface area contributed by atoms with Gasteiger partial charge in [-0.2, -0.15) is 5.10 Å². The van der Waals surface area contributed by atoms with Crippen molar-refractivity contribution in [3.05, 3.63) is 102 Å². The number of anilines is 3. The van der Waals surface area contributed by atoms with Crippen molar-refractivity contribution in [2.45, 2.75) is 64.3 Å². The molecule has 7 rings (SSSR count). The Hall–Kier alpha value is -4.44. The summed E-state index contributed by atoms with van der Waals surface area (Å²) in [5, 5.41) is 8.42. The number of hydrazone groups is 1. The Morgan fingerprint density at radius 1 is 0.898 bits per heavy atom. The zero-order valence-electron chi connectivity index (χ0n) is 29.1. The highest BCUT2D eigenvalue weighted by atomic mass is 19.1. The molecule has 1 saturated heterocycles. The predicted octanol–water partition coefficient (Wildman–Crippen LogP) is 7.57. The fraction of sp³-hybridized carbons (Fsp3) is 0.436. The van der Waals surface area contributed by atoms with Gasteiger partial charge < -0.3 is 15.2 Å². The van der Waals surface area contributed by atoms with E-state index in [1.54, 1.807) is 12.4 Å². The SMILES string of the molecule is C=C1N(c2ccc(N3CCN(c4ccc(CC[C@@H]5CCC(c6ccc(F)cc6F)C5)cc4)CC3)cc2)C=NN1C(C)CC.CN1CN=CN1. The van der Waals surface area contributed by atoms with Gasteiger partial charge in [0, 0.05) is 56.4 Å². The van der Waals surface area contributed by atoms with Gasteiger partial charge in [0.2, 0.25) is 0 Å². The molecule has 3 aromatic carbocycles. The minimum atomic E-state index is -0.499. The van der Waals surface area contributed by atoms with Crippen molar-refractivity contribution in [3.8, 4) is 0 Å². The van der Waals surface area contributed by atoms with Crippen molar-refractivity contribution in [2.75, 3.05) is 54.6 Å². The van der Waals surface area contributed by atoms with Gasteiger partial charge in [-0.25, -0.2) is 18.8 Å². The largest absolute Gasteiger partial charge is 0.368 e. The van der Waals surface area contributed by atoms with Crippen molar-refractivity contribution in [1.82, 2.24) is 15.4 Å². The lowest BCUT2D eigenvalue weighted by Crippen LogP contribution is -2.46. The Bertz CT molecular complexity index is 1590. The Morgan fingerprint density at radius 2 is 1.55 bits per heavy atom. The van der Waals surface area contributed by atoms with E-state index < -0.39 is 11.6 Å². The van der Waals surface area contributed by atoms with E-state index in [1.807, 2.05) is 23.4 Å². The normalized spacial score (nSPS) is 21.3. The zero-order valence-corrected chi connectivity index (χ0v) is 29.1. The van der Waals surface area contributed by atoms with Crippen LogP contribution in [-0.2, 0) is 6.42 Å². The molecule has 4 aliphatic rings. The summed E-state index contributed by atoms with van der Waals surface area (Å²) >= 11 is 0. The molecular formula is C39H50F2N8. The van der Waals surface area contributed by atoms with E-state index in [0.29, 0.717) is 17.5 Å². The van der Waals surface area contributed by atoms with E-state index in [4.69, 9.17) is 0 Å². The maximum absolute atomic E-state index is 14.2. The van der Waals surface area contributed by atoms with E-state index >= 15 is 0 Å². The molecular weight excluding hydrogens is 618 g/mol. The molecule has 3 atom stereocenters. The van der Waals surface area contributed by atoms with Crippen LogP contribution in [0, 0.1) is 17.6 Å². The smallest absolute Gasteiger partial charge is 0.129 e. The highest BCUT2D eigenvalue weighted by Crippen LogP contribution is 2.41. The van der Waals surface area contributed by atoms with Gasteiger partial charge in [-0.3, -0.25) is 9.89 Å². The zero-order chi connectivity index (χ0) is 34.3. The summed E-state index contributed by atoms with van der Waals surface area (Å²) in [5.41, 5.74) is 8.51. The topological polar surface area (TPSA) is 53.0 Å². The van der Waals surface area contributed by atoms with E-state index in [2.05, 4.69) is 99.2 Å². The Labute approximate surface area is 290 Å². The lowest BCUT2D eigenvalue weighted by Gasteiger charge is -2.37.